The maximum atomic E-state index is 13.9. The van der Waals surface area contributed by atoms with Crippen molar-refractivity contribution in [3.8, 4) is 0 Å². The predicted molar refractivity (Wildman–Crippen MR) is 105 cm³/mol. The highest BCUT2D eigenvalue weighted by atomic mass is 19.1. The van der Waals surface area contributed by atoms with E-state index in [1.165, 1.54) is 12.1 Å². The number of fused-ring (bicyclic) bond motifs is 1. The summed E-state index contributed by atoms with van der Waals surface area (Å²) in [7, 11) is 0. The van der Waals surface area contributed by atoms with Crippen LogP contribution < -0.4 is 11.1 Å². The SMILES string of the molecule is Nc1cc(F)c(CNC(=O)N2CCC3(CC2)CC(=O)c2cc(F)ccc2C3)c(F)c1. The van der Waals surface area contributed by atoms with E-state index in [-0.39, 0.29) is 29.0 Å². The molecule has 1 spiro atoms. The number of nitrogens with two attached hydrogens (primary N) is 1. The molecular weight excluding hydrogens is 395 g/mol. The van der Waals surface area contributed by atoms with Crippen LogP contribution in [0.5, 0.6) is 0 Å². The average molecular weight is 417 g/mol. The van der Waals surface area contributed by atoms with Crippen LogP contribution in [-0.2, 0) is 13.0 Å². The second-order valence-corrected chi connectivity index (χ2v) is 8.19. The number of ketones is 1. The van der Waals surface area contributed by atoms with Crippen molar-refractivity contribution >= 4 is 17.5 Å². The van der Waals surface area contributed by atoms with Gasteiger partial charge < -0.3 is 16.0 Å². The van der Waals surface area contributed by atoms with Crippen molar-refractivity contribution in [2.24, 2.45) is 5.41 Å². The molecule has 1 saturated heterocycles. The monoisotopic (exact) mass is 417 g/mol. The van der Waals surface area contributed by atoms with E-state index in [2.05, 4.69) is 5.32 Å². The third-order valence-electron chi connectivity index (χ3n) is 6.16. The summed E-state index contributed by atoms with van der Waals surface area (Å²) in [4.78, 5) is 26.6. The molecule has 1 aliphatic heterocycles. The Morgan fingerprint density at radius 1 is 1.07 bits per heavy atom. The van der Waals surface area contributed by atoms with Crippen molar-refractivity contribution in [2.75, 3.05) is 18.8 Å². The van der Waals surface area contributed by atoms with Gasteiger partial charge in [0.25, 0.3) is 0 Å². The van der Waals surface area contributed by atoms with Crippen molar-refractivity contribution in [1.29, 1.82) is 0 Å². The second-order valence-electron chi connectivity index (χ2n) is 8.19. The normalized spacial score (nSPS) is 17.7. The van der Waals surface area contributed by atoms with Gasteiger partial charge in [0.15, 0.2) is 5.78 Å². The highest BCUT2D eigenvalue weighted by Crippen LogP contribution is 2.43. The van der Waals surface area contributed by atoms with Crippen LogP contribution in [0.15, 0.2) is 30.3 Å². The maximum absolute atomic E-state index is 13.9. The quantitative estimate of drug-likeness (QED) is 0.730. The Kier molecular flexibility index (Phi) is 5.17. The van der Waals surface area contributed by atoms with Gasteiger partial charge in [0.05, 0.1) is 6.54 Å². The average Bonchev–Trinajstić information content (AvgIpc) is 2.68. The van der Waals surface area contributed by atoms with E-state index in [0.717, 1.165) is 17.7 Å². The fraction of sp³-hybridized carbons (Fsp3) is 0.364. The molecule has 5 nitrogen and oxygen atoms in total. The zero-order valence-electron chi connectivity index (χ0n) is 16.3. The number of nitrogen functional groups attached to an aromatic ring is 1. The number of carbonyl (C=O) groups is 2. The first-order valence-corrected chi connectivity index (χ1v) is 9.84. The Morgan fingerprint density at radius 3 is 2.40 bits per heavy atom. The Hall–Kier alpha value is -3.03. The minimum atomic E-state index is -0.804. The lowest BCUT2D eigenvalue weighted by Crippen LogP contribution is -2.49. The van der Waals surface area contributed by atoms with E-state index in [0.29, 0.717) is 44.3 Å². The number of likely N-dealkylation sites (tertiary alicyclic amines) is 1. The maximum Gasteiger partial charge on any atom is 0.317 e. The molecule has 2 aromatic carbocycles. The molecule has 1 aliphatic carbocycles. The van der Waals surface area contributed by atoms with E-state index in [9.17, 15) is 22.8 Å². The van der Waals surface area contributed by atoms with E-state index < -0.39 is 23.5 Å². The molecule has 2 aromatic rings. The Labute approximate surface area is 172 Å². The van der Waals surface area contributed by atoms with Crippen molar-refractivity contribution in [3.05, 3.63) is 64.5 Å². The molecule has 2 amide bonds. The summed E-state index contributed by atoms with van der Waals surface area (Å²) in [5, 5.41) is 2.55. The minimum absolute atomic E-state index is 0.0206. The predicted octanol–water partition coefficient (Wildman–Crippen LogP) is 3.81. The van der Waals surface area contributed by atoms with Gasteiger partial charge in [-0.1, -0.05) is 6.07 Å². The van der Waals surface area contributed by atoms with Gasteiger partial charge in [0, 0.05) is 36.3 Å². The summed E-state index contributed by atoms with van der Waals surface area (Å²) in [5.41, 5.74) is 6.19. The van der Waals surface area contributed by atoms with Crippen molar-refractivity contribution in [2.45, 2.75) is 32.2 Å². The summed E-state index contributed by atoms with van der Waals surface area (Å²) in [5.74, 6) is -2.09. The van der Waals surface area contributed by atoms with Gasteiger partial charge >= 0.3 is 6.03 Å². The number of urea groups is 1. The second kappa shape index (κ2) is 7.66. The molecule has 8 heteroatoms. The summed E-state index contributed by atoms with van der Waals surface area (Å²) in [6, 6.07) is 5.94. The van der Waals surface area contributed by atoms with Gasteiger partial charge in [-0.15, -0.1) is 0 Å². The molecule has 1 fully saturated rings. The van der Waals surface area contributed by atoms with Gasteiger partial charge in [-0.05, 0) is 54.5 Å². The minimum Gasteiger partial charge on any atom is -0.399 e. The number of nitrogens with one attached hydrogen (secondary N) is 1. The van der Waals surface area contributed by atoms with Gasteiger partial charge in [0.2, 0.25) is 0 Å². The zero-order chi connectivity index (χ0) is 21.5. The molecule has 30 heavy (non-hydrogen) atoms. The molecular formula is C22H22F3N3O2. The molecule has 2 aliphatic rings. The Bertz CT molecular complexity index is 994. The summed E-state index contributed by atoms with van der Waals surface area (Å²) < 4.78 is 41.2. The molecule has 0 atom stereocenters. The molecule has 0 radical (unpaired) electrons. The molecule has 0 aromatic heterocycles. The van der Waals surface area contributed by atoms with Gasteiger partial charge in [0.1, 0.15) is 17.5 Å². The molecule has 0 unspecified atom stereocenters. The largest absolute Gasteiger partial charge is 0.399 e. The van der Waals surface area contributed by atoms with Crippen molar-refractivity contribution in [3.63, 3.8) is 0 Å². The molecule has 0 bridgehead atoms. The van der Waals surface area contributed by atoms with E-state index >= 15 is 0 Å². The van der Waals surface area contributed by atoms with Crippen LogP contribution >= 0.6 is 0 Å². The number of rotatable bonds is 2. The van der Waals surface area contributed by atoms with Crippen LogP contribution in [0.1, 0.15) is 40.7 Å². The smallest absolute Gasteiger partial charge is 0.317 e. The lowest BCUT2D eigenvalue weighted by molar-refractivity contribution is 0.0735. The summed E-state index contributed by atoms with van der Waals surface area (Å²) >= 11 is 0. The van der Waals surface area contributed by atoms with Gasteiger partial charge in [-0.25, -0.2) is 18.0 Å². The number of piperidine rings is 1. The number of amides is 2. The molecule has 0 saturated carbocycles. The zero-order valence-corrected chi connectivity index (χ0v) is 16.3. The Balaban J connectivity index is 1.37. The van der Waals surface area contributed by atoms with Crippen LogP contribution in [-0.4, -0.2) is 29.8 Å². The van der Waals surface area contributed by atoms with Crippen molar-refractivity contribution in [1.82, 2.24) is 10.2 Å². The topological polar surface area (TPSA) is 75.4 Å². The number of anilines is 1. The summed E-state index contributed by atoms with van der Waals surface area (Å²) in [6.45, 7) is 0.584. The lowest BCUT2D eigenvalue weighted by Gasteiger charge is -2.44. The molecule has 158 valence electrons. The van der Waals surface area contributed by atoms with Crippen LogP contribution in [0.25, 0.3) is 0 Å². The Morgan fingerprint density at radius 2 is 1.73 bits per heavy atom. The van der Waals surface area contributed by atoms with Crippen molar-refractivity contribution < 1.29 is 22.8 Å². The molecule has 3 N–H and O–H groups in total. The molecule has 4 rings (SSSR count). The number of nitrogens with zero attached hydrogens (tertiary/aromatic N) is 1. The first-order valence-electron chi connectivity index (χ1n) is 9.84. The van der Waals surface area contributed by atoms with E-state index in [1.54, 1.807) is 11.0 Å². The number of halogens is 3. The highest BCUT2D eigenvalue weighted by molar-refractivity contribution is 5.99. The first-order chi connectivity index (χ1) is 14.3. The van der Waals surface area contributed by atoms with Crippen LogP contribution in [0.3, 0.4) is 0 Å². The summed E-state index contributed by atoms with van der Waals surface area (Å²) in [6.07, 6.45) is 2.27. The van der Waals surface area contributed by atoms with Gasteiger partial charge in [-0.2, -0.15) is 0 Å². The van der Waals surface area contributed by atoms with Gasteiger partial charge in [-0.3, -0.25) is 4.79 Å². The van der Waals surface area contributed by atoms with Crippen LogP contribution in [0, 0.1) is 22.9 Å². The standard InChI is InChI=1S/C22H22F3N3O2/c23-14-2-1-13-10-22(11-20(29)16(13)7-14)3-5-28(6-4-22)21(30)27-12-17-18(24)8-15(26)9-19(17)25/h1-2,7-9H,3-6,10-12,26H2,(H,27,30). The number of benzene rings is 2. The molecule has 1 heterocycles. The number of hydrogen-bond donors (Lipinski definition) is 2. The first kappa shape index (κ1) is 20.3. The number of carbonyl (C=O) groups excluding carboxylic acids is 2. The van der Waals surface area contributed by atoms with Crippen LogP contribution in [0.4, 0.5) is 23.7 Å². The number of hydrogen-bond acceptors (Lipinski definition) is 3. The lowest BCUT2D eigenvalue weighted by atomic mass is 9.66. The van der Waals surface area contributed by atoms with Crippen LogP contribution in [0.2, 0.25) is 0 Å². The third-order valence-corrected chi connectivity index (χ3v) is 6.16. The fourth-order valence-corrected chi connectivity index (χ4v) is 4.47. The fourth-order valence-electron chi connectivity index (χ4n) is 4.47. The third kappa shape index (κ3) is 3.86. The van der Waals surface area contributed by atoms with E-state index in [4.69, 9.17) is 5.73 Å². The highest BCUT2D eigenvalue weighted by Gasteiger charge is 2.41. The number of Topliss-reactive ketones (excluding diaryl/α,β-unsaturated/α-hetero) is 1. The van der Waals surface area contributed by atoms with E-state index in [1.807, 2.05) is 0 Å².